The maximum atomic E-state index is 11.8. The van der Waals surface area contributed by atoms with Crippen molar-refractivity contribution in [1.82, 2.24) is 4.98 Å². The Morgan fingerprint density at radius 2 is 2.00 bits per heavy atom. The van der Waals surface area contributed by atoms with Crippen molar-refractivity contribution in [2.45, 2.75) is 13.8 Å². The fourth-order valence-electron chi connectivity index (χ4n) is 2.05. The second-order valence-corrected chi connectivity index (χ2v) is 6.48. The van der Waals surface area contributed by atoms with Gasteiger partial charge in [0.15, 0.2) is 0 Å². The Balaban J connectivity index is 2.20. The number of rotatable bonds is 1. The van der Waals surface area contributed by atoms with Crippen molar-refractivity contribution in [3.05, 3.63) is 50.7 Å². The first-order chi connectivity index (χ1) is 9.06. The normalized spacial score (nSPS) is 11.1. The summed E-state index contributed by atoms with van der Waals surface area (Å²) in [6.45, 7) is 3.66. The molecule has 0 bridgehead atoms. The van der Waals surface area contributed by atoms with Gasteiger partial charge in [-0.05, 0) is 24.3 Å². The molecule has 0 saturated carbocycles. The minimum Gasteiger partial charge on any atom is -0.618 e. The Bertz CT molecular complexity index is 782. The number of hydrogen-bond acceptors (Lipinski definition) is 3. The van der Waals surface area contributed by atoms with Crippen molar-refractivity contribution < 1.29 is 4.73 Å². The second-order valence-electron chi connectivity index (χ2n) is 4.36. The number of pyridine rings is 1. The lowest BCUT2D eigenvalue weighted by Gasteiger charge is -2.01. The van der Waals surface area contributed by atoms with Crippen LogP contribution in [0.15, 0.2) is 34.8 Å². The summed E-state index contributed by atoms with van der Waals surface area (Å²) >= 11 is 4.93. The predicted octanol–water partition coefficient (Wildman–Crippen LogP) is 3.98. The molecule has 0 N–H and O–H groups in total. The highest BCUT2D eigenvalue weighted by molar-refractivity contribution is 9.10. The van der Waals surface area contributed by atoms with Crippen LogP contribution in [0.4, 0.5) is 0 Å². The van der Waals surface area contributed by atoms with Crippen LogP contribution in [-0.4, -0.2) is 4.98 Å². The van der Waals surface area contributed by atoms with Crippen LogP contribution >= 0.6 is 27.3 Å². The molecular weight excluding hydrogens is 324 g/mol. The molecule has 3 rings (SSSR count). The summed E-state index contributed by atoms with van der Waals surface area (Å²) in [5.74, 6) is 0. The topological polar surface area (TPSA) is 39.8 Å². The largest absolute Gasteiger partial charge is 0.618 e. The zero-order valence-electron chi connectivity index (χ0n) is 10.5. The van der Waals surface area contributed by atoms with Gasteiger partial charge in [0.05, 0.1) is 11.2 Å². The van der Waals surface area contributed by atoms with Crippen LogP contribution < -0.4 is 4.73 Å². The van der Waals surface area contributed by atoms with E-state index in [-0.39, 0.29) is 0 Å². The minimum atomic E-state index is 0.714. The zero-order chi connectivity index (χ0) is 13.6. The highest BCUT2D eigenvalue weighted by Gasteiger charge is 2.18. The summed E-state index contributed by atoms with van der Waals surface area (Å²) in [5.41, 5.74) is 2.50. The standard InChI is InChI=1S/C14H11BrN2OS/c1-8-14(19-9(2)17(8)18)13-5-3-10-7-11(15)4-6-12(10)16-13/h3-7H,1-2H3. The Morgan fingerprint density at radius 3 is 2.68 bits per heavy atom. The fourth-order valence-corrected chi connectivity index (χ4v) is 3.39. The van der Waals surface area contributed by atoms with E-state index in [1.807, 2.05) is 44.2 Å². The van der Waals surface area contributed by atoms with Gasteiger partial charge in [0, 0.05) is 23.7 Å². The van der Waals surface area contributed by atoms with E-state index in [4.69, 9.17) is 0 Å². The molecular formula is C14H11BrN2OS. The molecule has 0 saturated heterocycles. The Kier molecular flexibility index (Phi) is 3.03. The van der Waals surface area contributed by atoms with E-state index in [1.54, 1.807) is 0 Å². The van der Waals surface area contributed by atoms with Crippen molar-refractivity contribution >= 4 is 38.2 Å². The Labute approximate surface area is 123 Å². The third kappa shape index (κ3) is 2.13. The number of aromatic nitrogens is 2. The van der Waals surface area contributed by atoms with Gasteiger partial charge in [-0.2, -0.15) is 4.73 Å². The van der Waals surface area contributed by atoms with Crippen molar-refractivity contribution in [2.75, 3.05) is 0 Å². The monoisotopic (exact) mass is 334 g/mol. The SMILES string of the molecule is Cc1sc(-c2ccc3cc(Br)ccc3n2)c(C)[n+]1[O-]. The molecule has 0 unspecified atom stereocenters. The molecule has 2 aromatic heterocycles. The van der Waals surface area contributed by atoms with E-state index in [0.29, 0.717) is 5.69 Å². The molecule has 0 aliphatic rings. The first-order valence-corrected chi connectivity index (χ1v) is 7.43. The summed E-state index contributed by atoms with van der Waals surface area (Å²) in [6, 6.07) is 9.98. The molecule has 2 heterocycles. The number of halogens is 1. The third-order valence-corrected chi connectivity index (χ3v) is 4.72. The van der Waals surface area contributed by atoms with Gasteiger partial charge in [-0.15, -0.1) is 0 Å². The second kappa shape index (κ2) is 4.58. The lowest BCUT2D eigenvalue weighted by molar-refractivity contribution is -0.612. The van der Waals surface area contributed by atoms with Crippen molar-refractivity contribution in [3.8, 4) is 10.6 Å². The first-order valence-electron chi connectivity index (χ1n) is 5.82. The predicted molar refractivity (Wildman–Crippen MR) is 81.2 cm³/mol. The Morgan fingerprint density at radius 1 is 1.21 bits per heavy atom. The van der Waals surface area contributed by atoms with E-state index in [0.717, 1.165) is 35.7 Å². The van der Waals surface area contributed by atoms with Gasteiger partial charge in [-0.1, -0.05) is 33.3 Å². The summed E-state index contributed by atoms with van der Waals surface area (Å²) in [5, 5.41) is 13.6. The molecule has 96 valence electrons. The lowest BCUT2D eigenvalue weighted by atomic mass is 10.2. The average molecular weight is 335 g/mol. The maximum absolute atomic E-state index is 11.8. The number of fused-ring (bicyclic) bond motifs is 1. The van der Waals surface area contributed by atoms with Crippen LogP contribution in [0.3, 0.4) is 0 Å². The average Bonchev–Trinajstić information content (AvgIpc) is 2.66. The lowest BCUT2D eigenvalue weighted by Crippen LogP contribution is -2.29. The summed E-state index contributed by atoms with van der Waals surface area (Å²) in [6.07, 6.45) is 0. The van der Waals surface area contributed by atoms with Crippen LogP contribution in [-0.2, 0) is 0 Å². The number of aryl methyl sites for hydroxylation is 1. The molecule has 3 nitrogen and oxygen atoms in total. The fraction of sp³-hybridized carbons (Fsp3) is 0.143. The summed E-state index contributed by atoms with van der Waals surface area (Å²) < 4.78 is 2.00. The van der Waals surface area contributed by atoms with Gasteiger partial charge in [0.1, 0.15) is 4.88 Å². The van der Waals surface area contributed by atoms with E-state index < -0.39 is 0 Å². The van der Waals surface area contributed by atoms with Crippen molar-refractivity contribution in [1.29, 1.82) is 0 Å². The Hall–Kier alpha value is -1.46. The van der Waals surface area contributed by atoms with Crippen molar-refractivity contribution in [3.63, 3.8) is 0 Å². The van der Waals surface area contributed by atoms with Crippen LogP contribution in [0, 0.1) is 19.1 Å². The molecule has 0 spiro atoms. The number of nitrogens with zero attached hydrogens (tertiary/aromatic N) is 2. The van der Waals surface area contributed by atoms with Gasteiger partial charge in [-0.25, -0.2) is 4.98 Å². The van der Waals surface area contributed by atoms with E-state index in [2.05, 4.69) is 20.9 Å². The van der Waals surface area contributed by atoms with E-state index in [9.17, 15) is 5.21 Å². The highest BCUT2D eigenvalue weighted by Crippen LogP contribution is 2.29. The highest BCUT2D eigenvalue weighted by atomic mass is 79.9. The molecule has 0 aliphatic carbocycles. The molecule has 0 aliphatic heterocycles. The molecule has 3 aromatic rings. The summed E-state index contributed by atoms with van der Waals surface area (Å²) in [4.78, 5) is 5.58. The van der Waals surface area contributed by atoms with E-state index >= 15 is 0 Å². The number of hydrogen-bond donors (Lipinski definition) is 0. The quantitative estimate of drug-likeness (QED) is 0.499. The molecule has 5 heteroatoms. The van der Waals surface area contributed by atoms with Crippen LogP contribution in [0.25, 0.3) is 21.5 Å². The molecule has 0 radical (unpaired) electrons. The molecule has 0 atom stereocenters. The van der Waals surface area contributed by atoms with Crippen LogP contribution in [0.2, 0.25) is 0 Å². The van der Waals surface area contributed by atoms with Gasteiger partial charge in [-0.3, -0.25) is 0 Å². The first kappa shape index (κ1) is 12.6. The third-order valence-electron chi connectivity index (χ3n) is 3.05. The van der Waals surface area contributed by atoms with Crippen molar-refractivity contribution in [2.24, 2.45) is 0 Å². The number of benzene rings is 1. The van der Waals surface area contributed by atoms with Gasteiger partial charge in [0.2, 0.25) is 10.7 Å². The summed E-state index contributed by atoms with van der Waals surface area (Å²) in [7, 11) is 0. The van der Waals surface area contributed by atoms with Gasteiger partial charge in [0.25, 0.3) is 0 Å². The van der Waals surface area contributed by atoms with Gasteiger partial charge >= 0.3 is 0 Å². The number of thiazole rings is 1. The van der Waals surface area contributed by atoms with E-state index in [1.165, 1.54) is 11.3 Å². The smallest absolute Gasteiger partial charge is 0.246 e. The molecule has 0 fully saturated rings. The maximum Gasteiger partial charge on any atom is 0.246 e. The van der Waals surface area contributed by atoms with Crippen LogP contribution in [0.1, 0.15) is 10.7 Å². The minimum absolute atomic E-state index is 0.714. The molecule has 1 aromatic carbocycles. The zero-order valence-corrected chi connectivity index (χ0v) is 12.9. The van der Waals surface area contributed by atoms with Crippen LogP contribution in [0.5, 0.6) is 0 Å². The van der Waals surface area contributed by atoms with Gasteiger partial charge < -0.3 is 5.21 Å². The molecule has 0 amide bonds. The molecule has 19 heavy (non-hydrogen) atoms.